The summed E-state index contributed by atoms with van der Waals surface area (Å²) in [5.41, 5.74) is 2.82. The molecule has 0 saturated carbocycles. The molecule has 138 valence electrons. The van der Waals surface area contributed by atoms with Crippen LogP contribution in [0.1, 0.15) is 30.0 Å². The molecule has 0 heterocycles. The molecule has 0 aliphatic carbocycles. The van der Waals surface area contributed by atoms with Crippen molar-refractivity contribution in [3.05, 3.63) is 59.2 Å². The van der Waals surface area contributed by atoms with E-state index in [1.165, 1.54) is 0 Å². The highest BCUT2D eigenvalue weighted by Gasteiger charge is 2.00. The minimum absolute atomic E-state index is 0.241. The zero-order valence-corrected chi connectivity index (χ0v) is 15.5. The van der Waals surface area contributed by atoms with Crippen molar-refractivity contribution < 1.29 is 19.3 Å². The maximum absolute atomic E-state index is 9.28. The average Bonchev–Trinajstić information content (AvgIpc) is 2.65. The van der Waals surface area contributed by atoms with Gasteiger partial charge in [0.2, 0.25) is 0 Å². The van der Waals surface area contributed by atoms with Crippen LogP contribution in [0.2, 0.25) is 0 Å². The number of benzene rings is 2. The van der Waals surface area contributed by atoms with Crippen LogP contribution in [0.4, 0.5) is 0 Å². The van der Waals surface area contributed by atoms with Crippen LogP contribution in [0, 0.1) is 18.8 Å². The van der Waals surface area contributed by atoms with Gasteiger partial charge in [-0.2, -0.15) is 0 Å². The van der Waals surface area contributed by atoms with Gasteiger partial charge in [-0.15, -0.1) is 0 Å². The summed E-state index contributed by atoms with van der Waals surface area (Å²) in [6.45, 7) is 7.13. The number of hydrogen-bond donors (Lipinski definition) is 1. The van der Waals surface area contributed by atoms with E-state index >= 15 is 0 Å². The third kappa shape index (κ3) is 7.18. The standard InChI is InChI=1S/C22H26O4/c1-3-12-24-13-14-25-15-16-26-22-11-8-20(17-18(22)2)5-4-19-6-9-21(23)10-7-19/h6-11,17,23H,3,12-16H2,1-2H3. The summed E-state index contributed by atoms with van der Waals surface area (Å²) in [5.74, 6) is 7.29. The molecule has 2 aromatic rings. The van der Waals surface area contributed by atoms with Crippen LogP contribution in [0.25, 0.3) is 0 Å². The molecule has 0 saturated heterocycles. The van der Waals surface area contributed by atoms with Crippen molar-refractivity contribution in [2.24, 2.45) is 0 Å². The van der Waals surface area contributed by atoms with Gasteiger partial charge >= 0.3 is 0 Å². The number of hydrogen-bond acceptors (Lipinski definition) is 4. The zero-order chi connectivity index (χ0) is 18.6. The van der Waals surface area contributed by atoms with Crippen LogP contribution in [-0.2, 0) is 9.47 Å². The van der Waals surface area contributed by atoms with Crippen molar-refractivity contribution in [3.8, 4) is 23.3 Å². The molecule has 2 aromatic carbocycles. The first-order valence-corrected chi connectivity index (χ1v) is 8.89. The highest BCUT2D eigenvalue weighted by molar-refractivity contribution is 5.47. The number of phenols is 1. The summed E-state index contributed by atoms with van der Waals surface area (Å²) < 4.78 is 16.6. The predicted octanol–water partition coefficient (Wildman–Crippen LogP) is 3.92. The Bertz CT molecular complexity index is 726. The van der Waals surface area contributed by atoms with E-state index in [2.05, 4.69) is 18.8 Å². The molecular weight excluding hydrogens is 328 g/mol. The third-order valence-corrected chi connectivity index (χ3v) is 3.60. The molecule has 1 N–H and O–H groups in total. The molecular formula is C22H26O4. The number of aryl methyl sites for hydroxylation is 1. The molecule has 0 aromatic heterocycles. The van der Waals surface area contributed by atoms with Gasteiger partial charge in [0.25, 0.3) is 0 Å². The largest absolute Gasteiger partial charge is 0.508 e. The smallest absolute Gasteiger partial charge is 0.122 e. The van der Waals surface area contributed by atoms with E-state index in [4.69, 9.17) is 14.2 Å². The molecule has 0 aliphatic heterocycles. The van der Waals surface area contributed by atoms with Gasteiger partial charge in [0.15, 0.2) is 0 Å². The van der Waals surface area contributed by atoms with Gasteiger partial charge in [0.05, 0.1) is 19.8 Å². The normalized spacial score (nSPS) is 10.2. The quantitative estimate of drug-likeness (QED) is 0.548. The summed E-state index contributed by atoms with van der Waals surface area (Å²) >= 11 is 0. The van der Waals surface area contributed by atoms with Crippen LogP contribution < -0.4 is 4.74 Å². The molecule has 0 unspecified atom stereocenters. The highest BCUT2D eigenvalue weighted by atomic mass is 16.5. The van der Waals surface area contributed by atoms with E-state index in [0.29, 0.717) is 26.4 Å². The van der Waals surface area contributed by atoms with Crippen molar-refractivity contribution in [1.29, 1.82) is 0 Å². The van der Waals surface area contributed by atoms with Gasteiger partial charge in [-0.05, 0) is 61.4 Å². The Labute approximate surface area is 155 Å². The molecule has 0 bridgehead atoms. The van der Waals surface area contributed by atoms with Crippen LogP contribution in [0.5, 0.6) is 11.5 Å². The van der Waals surface area contributed by atoms with Gasteiger partial charge in [-0.25, -0.2) is 0 Å². The summed E-state index contributed by atoms with van der Waals surface area (Å²) in [6.07, 6.45) is 1.03. The van der Waals surface area contributed by atoms with Crippen molar-refractivity contribution in [1.82, 2.24) is 0 Å². The molecule has 0 aliphatic rings. The maximum atomic E-state index is 9.28. The topological polar surface area (TPSA) is 47.9 Å². The van der Waals surface area contributed by atoms with E-state index in [-0.39, 0.29) is 5.75 Å². The maximum Gasteiger partial charge on any atom is 0.122 e. The second-order valence-electron chi connectivity index (χ2n) is 5.85. The Hall–Kier alpha value is -2.48. The van der Waals surface area contributed by atoms with E-state index in [0.717, 1.165) is 35.5 Å². The Morgan fingerprint density at radius 2 is 1.42 bits per heavy atom. The summed E-state index contributed by atoms with van der Waals surface area (Å²) in [7, 11) is 0. The van der Waals surface area contributed by atoms with E-state index in [9.17, 15) is 5.11 Å². The third-order valence-electron chi connectivity index (χ3n) is 3.60. The molecule has 0 radical (unpaired) electrons. The summed E-state index contributed by atoms with van der Waals surface area (Å²) in [5, 5.41) is 9.28. The van der Waals surface area contributed by atoms with Gasteiger partial charge in [-0.3, -0.25) is 0 Å². The number of rotatable bonds is 9. The molecule has 0 spiro atoms. The molecule has 2 rings (SSSR count). The lowest BCUT2D eigenvalue weighted by molar-refractivity contribution is 0.0365. The fraction of sp³-hybridized carbons (Fsp3) is 0.364. The minimum Gasteiger partial charge on any atom is -0.508 e. The Morgan fingerprint density at radius 3 is 2.12 bits per heavy atom. The molecule has 4 heteroatoms. The van der Waals surface area contributed by atoms with Crippen molar-refractivity contribution in [2.75, 3.05) is 33.0 Å². The monoisotopic (exact) mass is 354 g/mol. The van der Waals surface area contributed by atoms with Crippen LogP contribution >= 0.6 is 0 Å². The lowest BCUT2D eigenvalue weighted by atomic mass is 10.1. The second kappa shape index (κ2) is 11.2. The van der Waals surface area contributed by atoms with Crippen LogP contribution in [0.15, 0.2) is 42.5 Å². The van der Waals surface area contributed by atoms with Crippen LogP contribution in [-0.4, -0.2) is 38.1 Å². The van der Waals surface area contributed by atoms with Gasteiger partial charge in [-0.1, -0.05) is 18.8 Å². The predicted molar refractivity (Wildman–Crippen MR) is 103 cm³/mol. The number of aromatic hydroxyl groups is 1. The fourth-order valence-electron chi connectivity index (χ4n) is 2.26. The lowest BCUT2D eigenvalue weighted by Crippen LogP contribution is -2.11. The average molecular weight is 354 g/mol. The molecule has 0 fully saturated rings. The SMILES string of the molecule is CCCOCCOCCOc1ccc(C#Cc2ccc(O)cc2)cc1C. The Kier molecular flexibility index (Phi) is 8.54. The second-order valence-corrected chi connectivity index (χ2v) is 5.85. The number of phenolic OH excluding ortho intramolecular Hbond substituents is 1. The first kappa shape index (κ1) is 19.8. The first-order chi connectivity index (χ1) is 12.7. The van der Waals surface area contributed by atoms with Gasteiger partial charge < -0.3 is 19.3 Å². The molecule has 0 atom stereocenters. The van der Waals surface area contributed by atoms with E-state index in [1.807, 2.05) is 25.1 Å². The Balaban J connectivity index is 1.77. The summed E-state index contributed by atoms with van der Waals surface area (Å²) in [6, 6.07) is 12.7. The first-order valence-electron chi connectivity index (χ1n) is 8.89. The zero-order valence-electron chi connectivity index (χ0n) is 15.5. The van der Waals surface area contributed by atoms with Gasteiger partial charge in [0, 0.05) is 17.7 Å². The summed E-state index contributed by atoms with van der Waals surface area (Å²) in [4.78, 5) is 0. The minimum atomic E-state index is 0.241. The van der Waals surface area contributed by atoms with Gasteiger partial charge in [0.1, 0.15) is 18.1 Å². The number of ether oxygens (including phenoxy) is 3. The lowest BCUT2D eigenvalue weighted by Gasteiger charge is -2.10. The molecule has 26 heavy (non-hydrogen) atoms. The van der Waals surface area contributed by atoms with E-state index in [1.54, 1.807) is 24.3 Å². The van der Waals surface area contributed by atoms with Crippen molar-refractivity contribution >= 4 is 0 Å². The highest BCUT2D eigenvalue weighted by Crippen LogP contribution is 2.19. The van der Waals surface area contributed by atoms with Crippen LogP contribution in [0.3, 0.4) is 0 Å². The molecule has 0 amide bonds. The Morgan fingerprint density at radius 1 is 0.808 bits per heavy atom. The van der Waals surface area contributed by atoms with Crippen molar-refractivity contribution in [3.63, 3.8) is 0 Å². The van der Waals surface area contributed by atoms with Crippen molar-refractivity contribution in [2.45, 2.75) is 20.3 Å². The molecule has 4 nitrogen and oxygen atoms in total. The fourth-order valence-corrected chi connectivity index (χ4v) is 2.26. The van der Waals surface area contributed by atoms with E-state index < -0.39 is 0 Å².